The van der Waals surface area contributed by atoms with Gasteiger partial charge in [0.25, 0.3) is 0 Å². The summed E-state index contributed by atoms with van der Waals surface area (Å²) in [7, 11) is -7.35. The molecule has 0 N–H and O–H groups in total. The maximum atomic E-state index is 13.1. The molecule has 2 fully saturated rings. The maximum Gasteiger partial charge on any atom is 0.243 e. The molecule has 0 spiro atoms. The van der Waals surface area contributed by atoms with Crippen LogP contribution in [0.4, 0.5) is 10.1 Å². The Balaban J connectivity index is 1.45. The van der Waals surface area contributed by atoms with Crippen molar-refractivity contribution >= 4 is 25.7 Å². The van der Waals surface area contributed by atoms with E-state index in [1.54, 1.807) is 12.1 Å². The van der Waals surface area contributed by atoms with Crippen LogP contribution in [0.2, 0.25) is 0 Å². The van der Waals surface area contributed by atoms with Crippen LogP contribution in [0.1, 0.15) is 25.7 Å². The summed E-state index contributed by atoms with van der Waals surface area (Å²) in [6.45, 7) is 2.58. The summed E-state index contributed by atoms with van der Waals surface area (Å²) in [6, 6.07) is 11.7. The lowest BCUT2D eigenvalue weighted by molar-refractivity contribution is 0.385. The predicted octanol–water partition coefficient (Wildman–Crippen LogP) is 2.90. The maximum absolute atomic E-state index is 13.1. The molecule has 0 radical (unpaired) electrons. The van der Waals surface area contributed by atoms with Crippen LogP contribution >= 0.6 is 0 Å². The predicted molar refractivity (Wildman–Crippen MR) is 121 cm³/mol. The Labute approximate surface area is 189 Å². The quantitative estimate of drug-likeness (QED) is 0.656. The zero-order valence-corrected chi connectivity index (χ0v) is 19.5. The molecule has 2 heterocycles. The summed E-state index contributed by atoms with van der Waals surface area (Å²) in [5.74, 6) is -0.309. The first-order valence-corrected chi connectivity index (χ1v) is 13.8. The smallest absolute Gasteiger partial charge is 0.243 e. The molecule has 0 bridgehead atoms. The minimum atomic E-state index is -3.73. The van der Waals surface area contributed by atoms with E-state index >= 15 is 0 Å². The summed E-state index contributed by atoms with van der Waals surface area (Å²) in [6.07, 6.45) is 3.74. The Bertz CT molecular complexity index is 1120. The summed E-state index contributed by atoms with van der Waals surface area (Å²) < 4.78 is 68.1. The van der Waals surface area contributed by atoms with Gasteiger partial charge in [0.05, 0.1) is 9.79 Å². The SMILES string of the molecule is O=S(=O)(c1ccc(S(=O)(=O)N2CCN(c3ccc(F)cc3)CC2)cc1)N1CCCCCC1. The molecule has 32 heavy (non-hydrogen) atoms. The van der Waals surface area contributed by atoms with Crippen LogP contribution in [0.25, 0.3) is 0 Å². The molecule has 0 aliphatic carbocycles. The lowest BCUT2D eigenvalue weighted by Gasteiger charge is -2.35. The van der Waals surface area contributed by atoms with E-state index in [4.69, 9.17) is 0 Å². The highest BCUT2D eigenvalue weighted by molar-refractivity contribution is 7.89. The van der Waals surface area contributed by atoms with Gasteiger partial charge in [0, 0.05) is 45.0 Å². The van der Waals surface area contributed by atoms with Gasteiger partial charge in [-0.2, -0.15) is 8.61 Å². The first-order valence-electron chi connectivity index (χ1n) is 10.9. The summed E-state index contributed by atoms with van der Waals surface area (Å²) in [4.78, 5) is 2.23. The van der Waals surface area contributed by atoms with Crippen LogP contribution in [0.3, 0.4) is 0 Å². The molecular formula is C22H28FN3O4S2. The number of sulfonamides is 2. The lowest BCUT2D eigenvalue weighted by Crippen LogP contribution is -2.48. The molecule has 2 aromatic carbocycles. The second kappa shape index (κ2) is 9.46. The van der Waals surface area contributed by atoms with Crippen LogP contribution < -0.4 is 4.90 Å². The normalized spacial score (nSPS) is 19.6. The number of piperazine rings is 1. The third kappa shape index (κ3) is 4.83. The van der Waals surface area contributed by atoms with E-state index in [0.717, 1.165) is 31.4 Å². The van der Waals surface area contributed by atoms with Gasteiger partial charge < -0.3 is 4.90 Å². The van der Waals surface area contributed by atoms with Gasteiger partial charge in [-0.1, -0.05) is 12.8 Å². The second-order valence-electron chi connectivity index (χ2n) is 8.16. The third-order valence-electron chi connectivity index (χ3n) is 6.09. The topological polar surface area (TPSA) is 78.0 Å². The van der Waals surface area contributed by atoms with Crippen molar-refractivity contribution in [1.82, 2.24) is 8.61 Å². The fourth-order valence-electron chi connectivity index (χ4n) is 4.20. The van der Waals surface area contributed by atoms with Crippen molar-refractivity contribution in [2.24, 2.45) is 0 Å². The Morgan fingerprint density at radius 3 is 1.47 bits per heavy atom. The number of benzene rings is 2. The van der Waals surface area contributed by atoms with Crippen molar-refractivity contribution in [3.05, 3.63) is 54.3 Å². The van der Waals surface area contributed by atoms with Crippen LogP contribution in [0.5, 0.6) is 0 Å². The van der Waals surface area contributed by atoms with Gasteiger partial charge in [-0.3, -0.25) is 0 Å². The van der Waals surface area contributed by atoms with Gasteiger partial charge in [-0.15, -0.1) is 0 Å². The minimum absolute atomic E-state index is 0.0857. The average molecular weight is 482 g/mol. The molecule has 10 heteroatoms. The zero-order valence-electron chi connectivity index (χ0n) is 17.9. The molecule has 4 rings (SSSR count). The van der Waals surface area contributed by atoms with E-state index in [2.05, 4.69) is 0 Å². The minimum Gasteiger partial charge on any atom is -0.369 e. The van der Waals surface area contributed by atoms with Crippen LogP contribution in [-0.4, -0.2) is 64.7 Å². The molecule has 0 unspecified atom stereocenters. The van der Waals surface area contributed by atoms with E-state index in [1.165, 1.54) is 45.0 Å². The summed E-state index contributed by atoms with van der Waals surface area (Å²) in [5, 5.41) is 0. The molecule has 0 saturated carbocycles. The van der Waals surface area contributed by atoms with Crippen LogP contribution in [-0.2, 0) is 20.0 Å². The van der Waals surface area contributed by atoms with E-state index < -0.39 is 20.0 Å². The van der Waals surface area contributed by atoms with Crippen LogP contribution in [0, 0.1) is 5.82 Å². The highest BCUT2D eigenvalue weighted by Gasteiger charge is 2.30. The van der Waals surface area contributed by atoms with Gasteiger partial charge in [0.1, 0.15) is 5.82 Å². The Morgan fingerprint density at radius 1 is 0.562 bits per heavy atom. The second-order valence-corrected chi connectivity index (χ2v) is 12.0. The zero-order chi connectivity index (χ0) is 22.8. The average Bonchev–Trinajstić information content (AvgIpc) is 3.10. The number of halogens is 1. The van der Waals surface area contributed by atoms with Gasteiger partial charge in [0.15, 0.2) is 0 Å². The number of hydrogen-bond donors (Lipinski definition) is 0. The molecule has 174 valence electrons. The molecule has 0 amide bonds. The van der Waals surface area contributed by atoms with Crippen molar-refractivity contribution in [3.63, 3.8) is 0 Å². The largest absolute Gasteiger partial charge is 0.369 e. The molecular weight excluding hydrogens is 453 g/mol. The Hall–Kier alpha value is -2.01. The van der Waals surface area contributed by atoms with Crippen molar-refractivity contribution in [3.8, 4) is 0 Å². The van der Waals surface area contributed by atoms with Gasteiger partial charge in [0.2, 0.25) is 20.0 Å². The van der Waals surface area contributed by atoms with E-state index in [-0.39, 0.29) is 15.6 Å². The van der Waals surface area contributed by atoms with E-state index in [9.17, 15) is 21.2 Å². The van der Waals surface area contributed by atoms with Gasteiger partial charge in [-0.25, -0.2) is 21.2 Å². The van der Waals surface area contributed by atoms with E-state index in [1.807, 2.05) is 4.90 Å². The fourth-order valence-corrected chi connectivity index (χ4v) is 7.14. The van der Waals surface area contributed by atoms with Crippen molar-refractivity contribution < 1.29 is 21.2 Å². The first kappa shape index (κ1) is 23.2. The number of anilines is 1. The highest BCUT2D eigenvalue weighted by atomic mass is 32.2. The van der Waals surface area contributed by atoms with Crippen molar-refractivity contribution in [2.75, 3.05) is 44.2 Å². The van der Waals surface area contributed by atoms with Crippen molar-refractivity contribution in [2.45, 2.75) is 35.5 Å². The highest BCUT2D eigenvalue weighted by Crippen LogP contribution is 2.25. The molecule has 0 aromatic heterocycles. The Morgan fingerprint density at radius 2 is 1.00 bits per heavy atom. The molecule has 7 nitrogen and oxygen atoms in total. The molecule has 2 aliphatic rings. The molecule has 2 aliphatic heterocycles. The lowest BCUT2D eigenvalue weighted by atomic mass is 10.2. The molecule has 0 atom stereocenters. The van der Waals surface area contributed by atoms with Crippen molar-refractivity contribution in [1.29, 1.82) is 0 Å². The molecule has 2 aromatic rings. The van der Waals surface area contributed by atoms with Gasteiger partial charge in [-0.05, 0) is 61.4 Å². The van der Waals surface area contributed by atoms with Crippen LogP contribution in [0.15, 0.2) is 58.3 Å². The standard InChI is InChI=1S/C22H28FN3O4S2/c23-19-5-7-20(8-6-19)24-15-17-26(18-16-24)32(29,30)22-11-9-21(10-12-22)31(27,28)25-13-3-1-2-4-14-25/h5-12H,1-4,13-18H2. The molecule has 2 saturated heterocycles. The monoisotopic (exact) mass is 481 g/mol. The van der Waals surface area contributed by atoms with E-state index in [0.29, 0.717) is 39.3 Å². The Kier molecular flexibility index (Phi) is 6.85. The fraction of sp³-hybridized carbons (Fsp3) is 0.455. The number of hydrogen-bond acceptors (Lipinski definition) is 5. The third-order valence-corrected chi connectivity index (χ3v) is 9.92. The number of rotatable bonds is 5. The summed E-state index contributed by atoms with van der Waals surface area (Å²) in [5.41, 5.74) is 0.853. The first-order chi connectivity index (χ1) is 15.3. The summed E-state index contributed by atoms with van der Waals surface area (Å²) >= 11 is 0. The number of nitrogens with zero attached hydrogens (tertiary/aromatic N) is 3. The van der Waals surface area contributed by atoms with Gasteiger partial charge >= 0.3 is 0 Å².